The van der Waals surface area contributed by atoms with Gasteiger partial charge in [-0.1, -0.05) is 42.0 Å². The summed E-state index contributed by atoms with van der Waals surface area (Å²) >= 11 is 0. The molecule has 154 valence electrons. The maximum absolute atomic E-state index is 13.2. The van der Waals surface area contributed by atoms with Crippen LogP contribution >= 0.6 is 0 Å². The van der Waals surface area contributed by atoms with Crippen LogP contribution in [0.15, 0.2) is 65.4 Å². The van der Waals surface area contributed by atoms with Crippen LogP contribution in [0.25, 0.3) is 6.08 Å². The van der Waals surface area contributed by atoms with Crippen molar-refractivity contribution >= 4 is 23.9 Å². The first-order chi connectivity index (χ1) is 14.3. The topological polar surface area (TPSA) is 72.9 Å². The monoisotopic (exact) mass is 405 g/mol. The van der Waals surface area contributed by atoms with Crippen LogP contribution in [0.3, 0.4) is 0 Å². The molecule has 6 heteroatoms. The molecule has 0 N–H and O–H groups in total. The molecule has 0 unspecified atom stereocenters. The summed E-state index contributed by atoms with van der Waals surface area (Å²) in [5.41, 5.74) is 4.22. The number of ether oxygens (including phenoxy) is 2. The van der Waals surface area contributed by atoms with E-state index >= 15 is 0 Å². The summed E-state index contributed by atoms with van der Waals surface area (Å²) in [5.74, 6) is -1.28. The van der Waals surface area contributed by atoms with Crippen molar-refractivity contribution in [3.63, 3.8) is 0 Å². The first kappa shape index (κ1) is 21.0. The smallest absolute Gasteiger partial charge is 0.340 e. The Morgan fingerprint density at radius 3 is 2.07 bits per heavy atom. The Kier molecular flexibility index (Phi) is 6.16. The van der Waals surface area contributed by atoms with Crippen molar-refractivity contribution in [2.45, 2.75) is 20.4 Å². The van der Waals surface area contributed by atoms with Gasteiger partial charge in [-0.05, 0) is 43.2 Å². The number of allylic oxidation sites excluding steroid dienone is 1. The summed E-state index contributed by atoms with van der Waals surface area (Å²) in [5, 5.41) is 0. The lowest BCUT2D eigenvalue weighted by atomic mass is 10.0. The second-order valence-corrected chi connectivity index (χ2v) is 7.00. The Hall–Kier alpha value is -3.67. The van der Waals surface area contributed by atoms with Gasteiger partial charge >= 0.3 is 11.9 Å². The van der Waals surface area contributed by atoms with Gasteiger partial charge < -0.3 is 14.4 Å². The Balaban J connectivity index is 1.97. The van der Waals surface area contributed by atoms with E-state index in [-0.39, 0.29) is 17.1 Å². The van der Waals surface area contributed by atoms with E-state index in [1.807, 2.05) is 31.2 Å². The molecule has 0 aromatic heterocycles. The number of carbonyl (C=O) groups excluding carboxylic acids is 3. The van der Waals surface area contributed by atoms with Crippen LogP contribution in [0.1, 0.15) is 34.0 Å². The maximum Gasteiger partial charge on any atom is 0.340 e. The van der Waals surface area contributed by atoms with Gasteiger partial charge in [0.25, 0.3) is 5.91 Å². The average Bonchev–Trinajstić information content (AvgIpc) is 2.98. The molecule has 6 nitrogen and oxygen atoms in total. The Bertz CT molecular complexity index is 1050. The van der Waals surface area contributed by atoms with E-state index in [1.165, 1.54) is 14.2 Å². The van der Waals surface area contributed by atoms with E-state index in [4.69, 9.17) is 9.47 Å². The normalized spacial score (nSPS) is 15.0. The molecule has 1 amide bonds. The van der Waals surface area contributed by atoms with Crippen molar-refractivity contribution < 1.29 is 23.9 Å². The van der Waals surface area contributed by atoms with Gasteiger partial charge in [-0.3, -0.25) is 4.79 Å². The lowest BCUT2D eigenvalue weighted by Gasteiger charge is -2.18. The van der Waals surface area contributed by atoms with Gasteiger partial charge in [-0.15, -0.1) is 0 Å². The lowest BCUT2D eigenvalue weighted by Crippen LogP contribution is -2.24. The predicted octanol–water partition coefficient (Wildman–Crippen LogP) is 3.65. The second-order valence-electron chi connectivity index (χ2n) is 7.00. The van der Waals surface area contributed by atoms with Gasteiger partial charge in [0, 0.05) is 5.70 Å². The Morgan fingerprint density at radius 1 is 0.900 bits per heavy atom. The Morgan fingerprint density at radius 2 is 1.50 bits per heavy atom. The van der Waals surface area contributed by atoms with Crippen molar-refractivity contribution in [3.05, 3.63) is 87.6 Å². The minimum Gasteiger partial charge on any atom is -0.465 e. The SMILES string of the molecule is COC(=O)C1=C(C)N(Cc2ccc(C)cc2)C(=O)C1=Cc1ccc(C(=O)OC)cc1. The highest BCUT2D eigenvalue weighted by atomic mass is 16.5. The molecule has 2 aromatic carbocycles. The zero-order chi connectivity index (χ0) is 21.8. The molecule has 1 aliphatic rings. The fourth-order valence-corrected chi connectivity index (χ4v) is 3.29. The van der Waals surface area contributed by atoms with Crippen LogP contribution in [0, 0.1) is 6.92 Å². The number of nitrogens with zero attached hydrogens (tertiary/aromatic N) is 1. The second kappa shape index (κ2) is 8.78. The van der Waals surface area contributed by atoms with Crippen molar-refractivity contribution in [3.8, 4) is 0 Å². The number of benzene rings is 2. The molecular formula is C24H23NO5. The molecule has 2 aromatic rings. The summed E-state index contributed by atoms with van der Waals surface area (Å²) in [4.78, 5) is 38.8. The molecule has 0 atom stereocenters. The molecule has 3 rings (SSSR count). The number of carbonyl (C=O) groups is 3. The van der Waals surface area contributed by atoms with Crippen LogP contribution in [0.5, 0.6) is 0 Å². The molecular weight excluding hydrogens is 382 g/mol. The number of methoxy groups -OCH3 is 2. The number of hydrogen-bond donors (Lipinski definition) is 0. The molecule has 0 spiro atoms. The minimum atomic E-state index is -0.565. The van der Waals surface area contributed by atoms with Gasteiger partial charge in [0.15, 0.2) is 0 Å². The van der Waals surface area contributed by atoms with Crippen LogP contribution in [-0.4, -0.2) is 37.0 Å². The maximum atomic E-state index is 13.2. The highest BCUT2D eigenvalue weighted by Gasteiger charge is 2.36. The third kappa shape index (κ3) is 4.17. The fraction of sp³-hybridized carbons (Fsp3) is 0.208. The highest BCUT2D eigenvalue weighted by molar-refractivity contribution is 6.16. The van der Waals surface area contributed by atoms with E-state index in [0.717, 1.165) is 11.1 Å². The van der Waals surface area contributed by atoms with Crippen LogP contribution in [0.2, 0.25) is 0 Å². The van der Waals surface area contributed by atoms with Gasteiger partial charge in [0.05, 0.1) is 37.5 Å². The highest BCUT2D eigenvalue weighted by Crippen LogP contribution is 2.33. The number of aryl methyl sites for hydroxylation is 1. The predicted molar refractivity (Wildman–Crippen MR) is 112 cm³/mol. The summed E-state index contributed by atoms with van der Waals surface area (Å²) in [6, 6.07) is 14.5. The van der Waals surface area contributed by atoms with Crippen molar-refractivity contribution in [2.75, 3.05) is 14.2 Å². The first-order valence-electron chi connectivity index (χ1n) is 9.42. The van der Waals surface area contributed by atoms with E-state index < -0.39 is 11.9 Å². The number of rotatable bonds is 5. The number of hydrogen-bond acceptors (Lipinski definition) is 5. The molecule has 0 fully saturated rings. The molecule has 0 saturated carbocycles. The molecule has 1 heterocycles. The van der Waals surface area contributed by atoms with Crippen LogP contribution in [-0.2, 0) is 25.6 Å². The zero-order valence-corrected chi connectivity index (χ0v) is 17.4. The number of amides is 1. The summed E-state index contributed by atoms with van der Waals surface area (Å²) < 4.78 is 9.62. The molecule has 0 radical (unpaired) electrons. The summed E-state index contributed by atoms with van der Waals surface area (Å²) in [7, 11) is 2.60. The molecule has 0 bridgehead atoms. The van der Waals surface area contributed by atoms with Crippen molar-refractivity contribution in [1.29, 1.82) is 0 Å². The van der Waals surface area contributed by atoms with Crippen molar-refractivity contribution in [2.24, 2.45) is 0 Å². The summed E-state index contributed by atoms with van der Waals surface area (Å²) in [6.45, 7) is 4.08. The van der Waals surface area contributed by atoms with Crippen LogP contribution in [0.4, 0.5) is 0 Å². The van der Waals surface area contributed by atoms with Crippen molar-refractivity contribution in [1.82, 2.24) is 4.90 Å². The summed E-state index contributed by atoms with van der Waals surface area (Å²) in [6.07, 6.45) is 1.63. The minimum absolute atomic E-state index is 0.242. The standard InChI is InChI=1S/C24H23NO5/c1-15-5-7-18(8-6-15)14-25-16(2)21(24(28)30-4)20(22(25)26)13-17-9-11-19(12-10-17)23(27)29-3/h5-13H,14H2,1-4H3. The van der Waals surface area contributed by atoms with Gasteiger partial charge in [-0.25, -0.2) is 9.59 Å². The molecule has 0 saturated heterocycles. The molecule has 0 aliphatic carbocycles. The van der Waals surface area contributed by atoms with Gasteiger partial charge in [0.1, 0.15) is 0 Å². The van der Waals surface area contributed by atoms with E-state index in [0.29, 0.717) is 23.4 Å². The van der Waals surface area contributed by atoms with E-state index in [1.54, 1.807) is 42.2 Å². The van der Waals surface area contributed by atoms with Crippen LogP contribution < -0.4 is 0 Å². The van der Waals surface area contributed by atoms with Gasteiger partial charge in [0.2, 0.25) is 0 Å². The van der Waals surface area contributed by atoms with E-state index in [9.17, 15) is 14.4 Å². The molecule has 1 aliphatic heterocycles. The molecule has 30 heavy (non-hydrogen) atoms. The third-order valence-corrected chi connectivity index (χ3v) is 5.01. The first-order valence-corrected chi connectivity index (χ1v) is 9.42. The number of esters is 2. The quantitative estimate of drug-likeness (QED) is 0.561. The van der Waals surface area contributed by atoms with Gasteiger partial charge in [-0.2, -0.15) is 0 Å². The van der Waals surface area contributed by atoms with E-state index in [2.05, 4.69) is 0 Å². The third-order valence-electron chi connectivity index (χ3n) is 5.01. The zero-order valence-electron chi connectivity index (χ0n) is 17.4. The largest absolute Gasteiger partial charge is 0.465 e. The fourth-order valence-electron chi connectivity index (χ4n) is 3.29. The Labute approximate surface area is 175 Å². The average molecular weight is 405 g/mol. The lowest BCUT2D eigenvalue weighted by molar-refractivity contribution is -0.136.